The van der Waals surface area contributed by atoms with Crippen molar-refractivity contribution in [2.45, 2.75) is 12.6 Å². The van der Waals surface area contributed by atoms with Gasteiger partial charge in [0.15, 0.2) is 17.5 Å². The largest absolute Gasteiger partial charge is 0.454 e. The van der Waals surface area contributed by atoms with Gasteiger partial charge in [0.1, 0.15) is 6.54 Å². The molecule has 0 bridgehead atoms. The van der Waals surface area contributed by atoms with Crippen LogP contribution in [0.1, 0.15) is 22.9 Å². The zero-order chi connectivity index (χ0) is 17.7. The molecule has 1 aromatic heterocycles. The number of benzene rings is 2. The maximum Gasteiger partial charge on any atom is 0.269 e. The highest BCUT2D eigenvalue weighted by atomic mass is 16.7. The van der Waals surface area contributed by atoms with Gasteiger partial charge in [-0.15, -0.1) is 0 Å². The maximum atomic E-state index is 10.9. The Morgan fingerprint density at radius 1 is 1.12 bits per heavy atom. The molecule has 2 N–H and O–H groups in total. The molecule has 1 atom stereocenters. The second-order valence-corrected chi connectivity index (χ2v) is 6.40. The Hall–Kier alpha value is -3.32. The number of nitrogens with two attached hydrogens (primary N) is 1. The van der Waals surface area contributed by atoms with E-state index < -0.39 is 0 Å². The van der Waals surface area contributed by atoms with E-state index >= 15 is 0 Å². The van der Waals surface area contributed by atoms with Crippen molar-refractivity contribution in [1.29, 1.82) is 0 Å². The van der Waals surface area contributed by atoms with Crippen LogP contribution < -0.4 is 14.8 Å². The average molecular weight is 350 g/mol. The van der Waals surface area contributed by atoms with E-state index in [4.69, 9.17) is 9.47 Å². The molecule has 3 aromatic rings. The van der Waals surface area contributed by atoms with Gasteiger partial charge in [0.05, 0.1) is 16.3 Å². The molecule has 2 aromatic carbocycles. The number of ether oxygens (including phenoxy) is 2. The van der Waals surface area contributed by atoms with Gasteiger partial charge in [0, 0.05) is 35.5 Å². The van der Waals surface area contributed by atoms with Crippen LogP contribution in [0.25, 0.3) is 5.69 Å². The van der Waals surface area contributed by atoms with Crippen molar-refractivity contribution in [3.63, 3.8) is 0 Å². The third kappa shape index (κ3) is 2.25. The Morgan fingerprint density at radius 2 is 1.88 bits per heavy atom. The number of aromatic nitrogens is 1. The van der Waals surface area contributed by atoms with Crippen LogP contribution in [0.5, 0.6) is 11.5 Å². The fraction of sp³-hybridized carbons (Fsp3) is 0.158. The fourth-order valence-electron chi connectivity index (χ4n) is 3.70. The third-order valence-corrected chi connectivity index (χ3v) is 4.97. The summed E-state index contributed by atoms with van der Waals surface area (Å²) in [5.41, 5.74) is 4.50. The lowest BCUT2D eigenvalue weighted by Gasteiger charge is -2.14. The lowest BCUT2D eigenvalue weighted by molar-refractivity contribution is -0.702. The lowest BCUT2D eigenvalue weighted by atomic mass is 10.0. The molecule has 0 saturated carbocycles. The monoisotopic (exact) mass is 350 g/mol. The molecule has 7 nitrogen and oxygen atoms in total. The van der Waals surface area contributed by atoms with Gasteiger partial charge in [-0.2, -0.15) is 0 Å². The van der Waals surface area contributed by atoms with Crippen molar-refractivity contribution in [2.24, 2.45) is 0 Å². The molecule has 130 valence electrons. The molecule has 0 fully saturated rings. The maximum absolute atomic E-state index is 10.9. The van der Waals surface area contributed by atoms with E-state index in [9.17, 15) is 10.1 Å². The number of hydrogen-bond acceptors (Lipinski definition) is 4. The van der Waals surface area contributed by atoms with Crippen LogP contribution in [0.4, 0.5) is 5.69 Å². The number of hydrogen-bond donors (Lipinski definition) is 1. The van der Waals surface area contributed by atoms with Crippen molar-refractivity contribution in [3.8, 4) is 17.2 Å². The van der Waals surface area contributed by atoms with E-state index in [1.54, 1.807) is 12.1 Å². The van der Waals surface area contributed by atoms with E-state index in [0.29, 0.717) is 0 Å². The van der Waals surface area contributed by atoms with Gasteiger partial charge >= 0.3 is 0 Å². The number of rotatable bonds is 2. The molecule has 0 amide bonds. The predicted molar refractivity (Wildman–Crippen MR) is 92.5 cm³/mol. The Kier molecular flexibility index (Phi) is 3.23. The first-order valence-electron chi connectivity index (χ1n) is 8.38. The van der Waals surface area contributed by atoms with E-state index in [2.05, 4.69) is 16.0 Å². The third-order valence-electron chi connectivity index (χ3n) is 4.97. The van der Waals surface area contributed by atoms with Gasteiger partial charge in [-0.05, 0) is 30.3 Å². The minimum absolute atomic E-state index is 0.0508. The van der Waals surface area contributed by atoms with Crippen LogP contribution in [0.3, 0.4) is 0 Å². The summed E-state index contributed by atoms with van der Waals surface area (Å²) in [7, 11) is 0. The Morgan fingerprint density at radius 3 is 2.65 bits per heavy atom. The normalized spacial score (nSPS) is 17.3. The van der Waals surface area contributed by atoms with Gasteiger partial charge in [-0.1, -0.05) is 0 Å². The lowest BCUT2D eigenvalue weighted by Crippen LogP contribution is -2.83. The molecule has 0 unspecified atom stereocenters. The fourth-order valence-corrected chi connectivity index (χ4v) is 3.70. The van der Waals surface area contributed by atoms with Crippen LogP contribution in [-0.4, -0.2) is 16.3 Å². The summed E-state index contributed by atoms with van der Waals surface area (Å²) in [6.07, 6.45) is 2.04. The summed E-state index contributed by atoms with van der Waals surface area (Å²) in [5, 5.41) is 13.2. The van der Waals surface area contributed by atoms with Crippen molar-refractivity contribution >= 4 is 5.69 Å². The molecular formula is C19H16N3O4+. The standard InChI is InChI=1S/C19H15N3O4/c23-22(24)14-5-3-12(4-6-14)19-15-2-1-7-21(15)16-9-18-17(25-11-26-18)8-13(16)10-20-19/h1-9,19-20H,10-11H2/p+1/t19-/m1/s1. The van der Waals surface area contributed by atoms with Gasteiger partial charge < -0.3 is 19.4 Å². The number of nitro groups is 1. The van der Waals surface area contributed by atoms with E-state index in [1.807, 2.05) is 36.5 Å². The Bertz CT molecular complexity index is 1010. The molecule has 2 aliphatic rings. The van der Waals surface area contributed by atoms with Crippen LogP contribution in [0.2, 0.25) is 0 Å². The summed E-state index contributed by atoms with van der Waals surface area (Å²) in [6.45, 7) is 1.03. The highest BCUT2D eigenvalue weighted by Crippen LogP contribution is 2.38. The molecule has 3 heterocycles. The summed E-state index contributed by atoms with van der Waals surface area (Å²) in [6, 6.07) is 15.0. The minimum Gasteiger partial charge on any atom is -0.454 e. The Labute approximate surface area is 148 Å². The van der Waals surface area contributed by atoms with Crippen molar-refractivity contribution in [1.82, 2.24) is 4.57 Å². The van der Waals surface area contributed by atoms with Crippen LogP contribution in [0, 0.1) is 10.1 Å². The second kappa shape index (κ2) is 5.60. The molecule has 0 radical (unpaired) electrons. The zero-order valence-electron chi connectivity index (χ0n) is 13.8. The Balaban J connectivity index is 1.59. The highest BCUT2D eigenvalue weighted by Gasteiger charge is 2.28. The average Bonchev–Trinajstić information content (AvgIpc) is 3.28. The van der Waals surface area contributed by atoms with E-state index in [0.717, 1.165) is 40.6 Å². The molecule has 0 spiro atoms. The van der Waals surface area contributed by atoms with Gasteiger partial charge in [0.2, 0.25) is 6.79 Å². The SMILES string of the molecule is O=[N+]([O-])c1ccc([C@H]2[NH2+]Cc3cc4c(cc3-n3cccc32)OCO4)cc1. The van der Waals surface area contributed by atoms with Crippen molar-refractivity contribution in [2.75, 3.05) is 6.79 Å². The van der Waals surface area contributed by atoms with Crippen molar-refractivity contribution < 1.29 is 19.7 Å². The summed E-state index contributed by atoms with van der Waals surface area (Å²) >= 11 is 0. The van der Waals surface area contributed by atoms with Crippen molar-refractivity contribution in [3.05, 3.63) is 81.7 Å². The van der Waals surface area contributed by atoms with Crippen LogP contribution in [0.15, 0.2) is 54.7 Å². The molecule has 0 saturated heterocycles. The van der Waals surface area contributed by atoms with Crippen LogP contribution in [-0.2, 0) is 6.54 Å². The second-order valence-electron chi connectivity index (χ2n) is 6.40. The molecular weight excluding hydrogens is 334 g/mol. The minimum atomic E-state index is -0.374. The number of quaternary nitrogens is 1. The quantitative estimate of drug-likeness (QED) is 0.568. The molecule has 7 heteroatoms. The summed E-state index contributed by atoms with van der Waals surface area (Å²) in [5.74, 6) is 1.54. The first-order chi connectivity index (χ1) is 12.7. The number of nitrogens with zero attached hydrogens (tertiary/aromatic N) is 2. The first-order valence-corrected chi connectivity index (χ1v) is 8.38. The molecule has 0 aliphatic carbocycles. The van der Waals surface area contributed by atoms with E-state index in [1.165, 1.54) is 0 Å². The van der Waals surface area contributed by atoms with E-state index in [-0.39, 0.29) is 23.4 Å². The number of nitro benzene ring substituents is 1. The zero-order valence-corrected chi connectivity index (χ0v) is 13.8. The number of fused-ring (bicyclic) bond motifs is 4. The molecule has 26 heavy (non-hydrogen) atoms. The topological polar surface area (TPSA) is 83.1 Å². The predicted octanol–water partition coefficient (Wildman–Crippen LogP) is 2.28. The van der Waals surface area contributed by atoms with Crippen LogP contribution >= 0.6 is 0 Å². The number of non-ortho nitro benzene ring substituents is 1. The molecule has 5 rings (SSSR count). The first kappa shape index (κ1) is 15.0. The van der Waals surface area contributed by atoms with Gasteiger partial charge in [-0.25, -0.2) is 0 Å². The summed E-state index contributed by atoms with van der Waals surface area (Å²) in [4.78, 5) is 10.5. The molecule has 2 aliphatic heterocycles. The van der Waals surface area contributed by atoms with Gasteiger partial charge in [-0.3, -0.25) is 10.1 Å². The smallest absolute Gasteiger partial charge is 0.269 e. The van der Waals surface area contributed by atoms with Gasteiger partial charge in [0.25, 0.3) is 5.69 Å². The highest BCUT2D eigenvalue weighted by molar-refractivity contribution is 5.56. The summed E-state index contributed by atoms with van der Waals surface area (Å²) < 4.78 is 13.2.